The molecule has 4 nitrogen and oxygen atoms in total. The zero-order valence-electron chi connectivity index (χ0n) is 9.89. The normalized spacial score (nSPS) is 12.2. The largest absolute Gasteiger partial charge is 0.345 e. The summed E-state index contributed by atoms with van der Waals surface area (Å²) in [4.78, 5) is 17.5. The lowest BCUT2D eigenvalue weighted by molar-refractivity contribution is -0.133. The van der Waals surface area contributed by atoms with Crippen LogP contribution in [-0.2, 0) is 11.2 Å². The maximum absolute atomic E-state index is 11.7. The van der Waals surface area contributed by atoms with Gasteiger partial charge in [-0.25, -0.2) is 0 Å². The smallest absolute Gasteiger partial charge is 0.226 e. The molecule has 1 aromatic rings. The molecule has 0 radical (unpaired) electrons. The summed E-state index contributed by atoms with van der Waals surface area (Å²) in [6, 6.07) is 3.91. The molecule has 1 heterocycles. The van der Waals surface area contributed by atoms with Crippen molar-refractivity contribution in [3.63, 3.8) is 0 Å². The van der Waals surface area contributed by atoms with Gasteiger partial charge in [-0.1, -0.05) is 13.0 Å². The van der Waals surface area contributed by atoms with Crippen LogP contribution in [0.25, 0.3) is 0 Å². The van der Waals surface area contributed by atoms with Crippen molar-refractivity contribution in [2.24, 2.45) is 11.7 Å². The van der Waals surface area contributed by atoms with E-state index in [0.29, 0.717) is 13.1 Å². The third-order valence-electron chi connectivity index (χ3n) is 2.61. The minimum Gasteiger partial charge on any atom is -0.345 e. The highest BCUT2D eigenvalue weighted by molar-refractivity contribution is 5.78. The molecule has 1 rings (SSSR count). The molecule has 16 heavy (non-hydrogen) atoms. The van der Waals surface area contributed by atoms with Crippen molar-refractivity contribution in [2.45, 2.75) is 13.3 Å². The van der Waals surface area contributed by atoms with Gasteiger partial charge in [-0.2, -0.15) is 0 Å². The molecule has 0 fully saturated rings. The Labute approximate surface area is 96.5 Å². The number of pyridine rings is 1. The highest BCUT2D eigenvalue weighted by atomic mass is 16.2. The summed E-state index contributed by atoms with van der Waals surface area (Å²) in [5.74, 6) is 0.00490. The summed E-state index contributed by atoms with van der Waals surface area (Å²) in [6.07, 6.45) is 4.40. The van der Waals surface area contributed by atoms with Gasteiger partial charge in [-0.3, -0.25) is 9.78 Å². The molecule has 1 amide bonds. The topological polar surface area (TPSA) is 59.2 Å². The number of nitrogens with two attached hydrogens (primary N) is 1. The first-order chi connectivity index (χ1) is 7.65. The van der Waals surface area contributed by atoms with Gasteiger partial charge >= 0.3 is 0 Å². The predicted molar refractivity (Wildman–Crippen MR) is 63.8 cm³/mol. The predicted octanol–water partition coefficient (Wildman–Crippen LogP) is 0.677. The zero-order valence-corrected chi connectivity index (χ0v) is 9.89. The van der Waals surface area contributed by atoms with Crippen molar-refractivity contribution in [1.82, 2.24) is 9.88 Å². The molecule has 1 aromatic heterocycles. The lowest BCUT2D eigenvalue weighted by Gasteiger charge is -2.20. The average molecular weight is 221 g/mol. The van der Waals surface area contributed by atoms with Crippen molar-refractivity contribution in [1.29, 1.82) is 0 Å². The Balaban J connectivity index is 2.41. The summed E-state index contributed by atoms with van der Waals surface area (Å²) < 4.78 is 0. The monoisotopic (exact) mass is 221 g/mol. The van der Waals surface area contributed by atoms with Crippen LogP contribution >= 0.6 is 0 Å². The summed E-state index contributed by atoms with van der Waals surface area (Å²) in [5, 5.41) is 0. The molecule has 0 aromatic carbocycles. The molecule has 1 atom stereocenters. The van der Waals surface area contributed by atoms with E-state index < -0.39 is 0 Å². The van der Waals surface area contributed by atoms with E-state index >= 15 is 0 Å². The van der Waals surface area contributed by atoms with Crippen molar-refractivity contribution in [3.8, 4) is 0 Å². The molecule has 1 unspecified atom stereocenters. The number of hydrogen-bond donors (Lipinski definition) is 1. The highest BCUT2D eigenvalue weighted by Gasteiger charge is 2.15. The number of aromatic nitrogens is 1. The molecule has 0 saturated carbocycles. The van der Waals surface area contributed by atoms with E-state index in [1.807, 2.05) is 32.3 Å². The second kappa shape index (κ2) is 6.23. The van der Waals surface area contributed by atoms with Gasteiger partial charge < -0.3 is 10.6 Å². The Morgan fingerprint density at radius 3 is 2.94 bits per heavy atom. The van der Waals surface area contributed by atoms with Crippen LogP contribution in [0.1, 0.15) is 12.5 Å². The van der Waals surface area contributed by atoms with E-state index in [-0.39, 0.29) is 11.8 Å². The molecule has 4 heteroatoms. The first kappa shape index (κ1) is 12.6. The first-order valence-electron chi connectivity index (χ1n) is 5.49. The average Bonchev–Trinajstić information content (AvgIpc) is 2.35. The Morgan fingerprint density at radius 1 is 1.62 bits per heavy atom. The summed E-state index contributed by atoms with van der Waals surface area (Å²) in [6.45, 7) is 2.95. The van der Waals surface area contributed by atoms with Crippen molar-refractivity contribution >= 4 is 5.91 Å². The summed E-state index contributed by atoms with van der Waals surface area (Å²) >= 11 is 0. The van der Waals surface area contributed by atoms with Crippen LogP contribution in [0.2, 0.25) is 0 Å². The Kier molecular flexibility index (Phi) is 4.92. The maximum atomic E-state index is 11.7. The first-order valence-corrected chi connectivity index (χ1v) is 5.49. The van der Waals surface area contributed by atoms with Gasteiger partial charge in [-0.05, 0) is 18.1 Å². The number of carbonyl (C=O) groups excluding carboxylic acids is 1. The number of nitrogens with zero attached hydrogens (tertiary/aromatic N) is 2. The molecule has 0 aliphatic heterocycles. The molecular weight excluding hydrogens is 202 g/mol. The van der Waals surface area contributed by atoms with Crippen LogP contribution < -0.4 is 5.73 Å². The number of likely N-dealkylation sites (N-methyl/N-ethyl adjacent to an activating group) is 1. The van der Waals surface area contributed by atoms with Gasteiger partial charge in [0.15, 0.2) is 0 Å². The lowest BCUT2D eigenvalue weighted by Crippen LogP contribution is -2.36. The standard InChI is InChI=1S/C12H19N3O/c1-10(8-13)12(16)15(2)7-5-11-4-3-6-14-9-11/h3-4,6,9-10H,5,7-8,13H2,1-2H3. The van der Waals surface area contributed by atoms with E-state index in [1.54, 1.807) is 11.1 Å². The highest BCUT2D eigenvalue weighted by Crippen LogP contribution is 2.02. The third-order valence-corrected chi connectivity index (χ3v) is 2.61. The van der Waals surface area contributed by atoms with Crippen molar-refractivity contribution < 1.29 is 4.79 Å². The van der Waals surface area contributed by atoms with Crippen LogP contribution in [0.4, 0.5) is 0 Å². The van der Waals surface area contributed by atoms with Crippen molar-refractivity contribution in [2.75, 3.05) is 20.1 Å². The van der Waals surface area contributed by atoms with Crippen LogP contribution in [0.3, 0.4) is 0 Å². The minimum absolute atomic E-state index is 0.0982. The summed E-state index contributed by atoms with van der Waals surface area (Å²) in [5.41, 5.74) is 6.60. The quantitative estimate of drug-likeness (QED) is 0.795. The lowest BCUT2D eigenvalue weighted by atomic mass is 10.1. The number of rotatable bonds is 5. The second-order valence-corrected chi connectivity index (χ2v) is 4.01. The van der Waals surface area contributed by atoms with Crippen molar-refractivity contribution in [3.05, 3.63) is 30.1 Å². The fourth-order valence-corrected chi connectivity index (χ4v) is 1.43. The van der Waals surface area contributed by atoms with E-state index in [4.69, 9.17) is 5.73 Å². The third kappa shape index (κ3) is 3.62. The minimum atomic E-state index is -0.0982. The fourth-order valence-electron chi connectivity index (χ4n) is 1.43. The van der Waals surface area contributed by atoms with Gasteiger partial charge in [0.25, 0.3) is 0 Å². The van der Waals surface area contributed by atoms with E-state index in [9.17, 15) is 4.79 Å². The molecule has 0 aliphatic carbocycles. The molecule has 0 spiro atoms. The zero-order chi connectivity index (χ0) is 12.0. The maximum Gasteiger partial charge on any atom is 0.226 e. The number of amides is 1. The van der Waals surface area contributed by atoms with Gasteiger partial charge in [-0.15, -0.1) is 0 Å². The van der Waals surface area contributed by atoms with Crippen LogP contribution in [0, 0.1) is 5.92 Å². The SMILES string of the molecule is CC(CN)C(=O)N(C)CCc1cccnc1. The molecular formula is C12H19N3O. The summed E-state index contributed by atoms with van der Waals surface area (Å²) in [7, 11) is 1.81. The van der Waals surface area contributed by atoms with Crippen LogP contribution in [-0.4, -0.2) is 35.9 Å². The number of hydrogen-bond acceptors (Lipinski definition) is 3. The van der Waals surface area contributed by atoms with E-state index in [1.165, 1.54) is 0 Å². The Hall–Kier alpha value is -1.42. The molecule has 2 N–H and O–H groups in total. The second-order valence-electron chi connectivity index (χ2n) is 4.01. The Morgan fingerprint density at radius 2 is 2.38 bits per heavy atom. The van der Waals surface area contributed by atoms with Gasteiger partial charge in [0.2, 0.25) is 5.91 Å². The van der Waals surface area contributed by atoms with E-state index in [0.717, 1.165) is 12.0 Å². The van der Waals surface area contributed by atoms with Gasteiger partial charge in [0, 0.05) is 38.4 Å². The van der Waals surface area contributed by atoms with E-state index in [2.05, 4.69) is 4.98 Å². The molecule has 0 bridgehead atoms. The fraction of sp³-hybridized carbons (Fsp3) is 0.500. The van der Waals surface area contributed by atoms with Gasteiger partial charge in [0.1, 0.15) is 0 Å². The Bertz CT molecular complexity index is 326. The van der Waals surface area contributed by atoms with Crippen LogP contribution in [0.15, 0.2) is 24.5 Å². The molecule has 0 aliphatic rings. The van der Waals surface area contributed by atoms with Gasteiger partial charge in [0.05, 0.1) is 0 Å². The molecule has 88 valence electrons. The molecule has 0 saturated heterocycles. The number of carbonyl (C=O) groups is 1. The van der Waals surface area contributed by atoms with Crippen LogP contribution in [0.5, 0.6) is 0 Å².